The van der Waals surface area contributed by atoms with Gasteiger partial charge in [-0.3, -0.25) is 4.79 Å². The van der Waals surface area contributed by atoms with Crippen LogP contribution in [0.3, 0.4) is 0 Å². The molecule has 2 N–H and O–H groups in total. The van der Waals surface area contributed by atoms with Crippen molar-refractivity contribution in [3.63, 3.8) is 0 Å². The molecule has 1 atom stereocenters. The van der Waals surface area contributed by atoms with Crippen LogP contribution in [0.1, 0.15) is 26.2 Å². The maximum atomic E-state index is 10.9. The number of allylic oxidation sites excluding steroid dienone is 1. The zero-order valence-electron chi connectivity index (χ0n) is 6.26. The van der Waals surface area contributed by atoms with E-state index < -0.39 is 0 Å². The molecule has 0 saturated heterocycles. The van der Waals surface area contributed by atoms with Gasteiger partial charge in [0, 0.05) is 12.8 Å². The molecule has 0 aromatic rings. The van der Waals surface area contributed by atoms with Crippen LogP contribution in [0.15, 0.2) is 11.8 Å². The SMILES string of the molecule is CC1CC(=O)CC/C1=C\N. The third-order valence-electron chi connectivity index (χ3n) is 2.07. The van der Waals surface area contributed by atoms with Crippen LogP contribution < -0.4 is 5.73 Å². The third kappa shape index (κ3) is 1.38. The lowest BCUT2D eigenvalue weighted by Gasteiger charge is -2.19. The molecule has 1 unspecified atom stereocenters. The van der Waals surface area contributed by atoms with Gasteiger partial charge in [0.2, 0.25) is 0 Å². The van der Waals surface area contributed by atoms with Crippen LogP contribution in [0, 0.1) is 5.92 Å². The highest BCUT2D eigenvalue weighted by Gasteiger charge is 2.19. The summed E-state index contributed by atoms with van der Waals surface area (Å²) in [5, 5.41) is 0. The molecule has 10 heavy (non-hydrogen) atoms. The highest BCUT2D eigenvalue weighted by atomic mass is 16.1. The van der Waals surface area contributed by atoms with Crippen molar-refractivity contribution in [3.8, 4) is 0 Å². The van der Waals surface area contributed by atoms with Gasteiger partial charge < -0.3 is 5.73 Å². The van der Waals surface area contributed by atoms with E-state index in [0.717, 1.165) is 6.42 Å². The van der Waals surface area contributed by atoms with E-state index in [0.29, 0.717) is 24.5 Å². The fourth-order valence-electron chi connectivity index (χ4n) is 1.35. The molecule has 0 radical (unpaired) electrons. The lowest BCUT2D eigenvalue weighted by molar-refractivity contribution is -0.120. The van der Waals surface area contributed by atoms with Crippen LogP contribution in [0.2, 0.25) is 0 Å². The van der Waals surface area contributed by atoms with Gasteiger partial charge in [0.25, 0.3) is 0 Å². The van der Waals surface area contributed by atoms with Crippen molar-refractivity contribution in [3.05, 3.63) is 11.8 Å². The number of rotatable bonds is 0. The zero-order chi connectivity index (χ0) is 7.56. The predicted molar refractivity (Wildman–Crippen MR) is 40.3 cm³/mol. The minimum Gasteiger partial charge on any atom is -0.405 e. The molecule has 1 aliphatic rings. The van der Waals surface area contributed by atoms with Gasteiger partial charge >= 0.3 is 0 Å². The molecular weight excluding hydrogens is 126 g/mol. The van der Waals surface area contributed by atoms with Gasteiger partial charge in [-0.25, -0.2) is 0 Å². The van der Waals surface area contributed by atoms with Crippen LogP contribution in [-0.4, -0.2) is 5.78 Å². The minimum absolute atomic E-state index is 0.373. The van der Waals surface area contributed by atoms with E-state index in [-0.39, 0.29) is 0 Å². The summed E-state index contributed by atoms with van der Waals surface area (Å²) in [5.41, 5.74) is 6.60. The first kappa shape index (κ1) is 7.32. The van der Waals surface area contributed by atoms with Gasteiger partial charge in [-0.2, -0.15) is 0 Å². The van der Waals surface area contributed by atoms with Crippen molar-refractivity contribution >= 4 is 5.78 Å². The number of hydrogen-bond donors (Lipinski definition) is 1. The van der Waals surface area contributed by atoms with Gasteiger partial charge in [0.05, 0.1) is 0 Å². The van der Waals surface area contributed by atoms with Crippen LogP contribution in [0.4, 0.5) is 0 Å². The summed E-state index contributed by atoms with van der Waals surface area (Å²) in [6, 6.07) is 0. The number of Topliss-reactive ketones (excluding diaryl/α,β-unsaturated/α-hetero) is 1. The average Bonchev–Trinajstić information content (AvgIpc) is 1.88. The average molecular weight is 139 g/mol. The summed E-state index contributed by atoms with van der Waals surface area (Å²) in [6.07, 6.45) is 3.89. The number of nitrogens with two attached hydrogens (primary N) is 1. The minimum atomic E-state index is 0.373. The summed E-state index contributed by atoms with van der Waals surface area (Å²) in [6.45, 7) is 2.05. The van der Waals surface area contributed by atoms with Crippen molar-refractivity contribution < 1.29 is 4.79 Å². The van der Waals surface area contributed by atoms with Crippen molar-refractivity contribution in [2.45, 2.75) is 26.2 Å². The Morgan fingerprint density at radius 1 is 1.60 bits per heavy atom. The summed E-state index contributed by atoms with van der Waals surface area (Å²) >= 11 is 0. The Morgan fingerprint density at radius 3 is 2.80 bits per heavy atom. The first-order chi connectivity index (χ1) is 4.74. The van der Waals surface area contributed by atoms with E-state index >= 15 is 0 Å². The topological polar surface area (TPSA) is 43.1 Å². The van der Waals surface area contributed by atoms with E-state index in [2.05, 4.69) is 6.92 Å². The maximum absolute atomic E-state index is 10.9. The number of hydrogen-bond acceptors (Lipinski definition) is 2. The molecule has 0 aliphatic heterocycles. The smallest absolute Gasteiger partial charge is 0.133 e. The molecule has 2 heteroatoms. The molecule has 1 aliphatic carbocycles. The number of ketones is 1. The van der Waals surface area contributed by atoms with Crippen molar-refractivity contribution in [2.75, 3.05) is 0 Å². The number of carbonyl (C=O) groups excluding carboxylic acids is 1. The molecule has 1 saturated carbocycles. The zero-order valence-corrected chi connectivity index (χ0v) is 6.26. The van der Waals surface area contributed by atoms with Gasteiger partial charge in [-0.15, -0.1) is 0 Å². The lowest BCUT2D eigenvalue weighted by atomic mass is 9.85. The maximum Gasteiger partial charge on any atom is 0.133 e. The second-order valence-electron chi connectivity index (χ2n) is 2.89. The molecule has 0 heterocycles. The molecule has 0 aromatic heterocycles. The fraction of sp³-hybridized carbons (Fsp3) is 0.625. The lowest BCUT2D eigenvalue weighted by Crippen LogP contribution is -2.15. The van der Waals surface area contributed by atoms with Crippen molar-refractivity contribution in [2.24, 2.45) is 11.7 Å². The van der Waals surface area contributed by atoms with Crippen LogP contribution >= 0.6 is 0 Å². The Labute approximate surface area is 61.1 Å². The van der Waals surface area contributed by atoms with Crippen LogP contribution in [0.5, 0.6) is 0 Å². The largest absolute Gasteiger partial charge is 0.405 e. The number of carbonyl (C=O) groups is 1. The Kier molecular flexibility index (Phi) is 2.10. The summed E-state index contributed by atoms with van der Waals surface area (Å²) in [4.78, 5) is 10.9. The fourth-order valence-corrected chi connectivity index (χ4v) is 1.35. The Hall–Kier alpha value is -0.790. The second kappa shape index (κ2) is 2.86. The van der Waals surface area contributed by atoms with E-state index in [1.54, 1.807) is 6.20 Å². The molecule has 0 bridgehead atoms. The molecule has 0 aromatic carbocycles. The molecular formula is C8H13NO. The standard InChI is InChI=1S/C8H13NO/c1-6-4-8(10)3-2-7(6)5-9/h5-6H,2-4,9H2,1H3/b7-5+. The van der Waals surface area contributed by atoms with Crippen LogP contribution in [0.25, 0.3) is 0 Å². The normalized spacial score (nSPS) is 31.1. The van der Waals surface area contributed by atoms with Gasteiger partial charge in [-0.1, -0.05) is 12.5 Å². The summed E-state index contributed by atoms with van der Waals surface area (Å²) in [5.74, 6) is 0.754. The first-order valence-electron chi connectivity index (χ1n) is 3.66. The Bertz CT molecular complexity index is 172. The van der Waals surface area contributed by atoms with E-state index in [9.17, 15) is 4.79 Å². The van der Waals surface area contributed by atoms with E-state index in [1.807, 2.05) is 0 Å². The molecule has 1 fully saturated rings. The van der Waals surface area contributed by atoms with E-state index in [4.69, 9.17) is 5.73 Å². The molecule has 0 spiro atoms. The Balaban J connectivity index is 2.60. The van der Waals surface area contributed by atoms with Gasteiger partial charge in [0.15, 0.2) is 0 Å². The van der Waals surface area contributed by atoms with E-state index in [1.165, 1.54) is 5.57 Å². The van der Waals surface area contributed by atoms with Gasteiger partial charge in [-0.05, 0) is 18.5 Å². The molecule has 1 rings (SSSR count). The highest BCUT2D eigenvalue weighted by molar-refractivity contribution is 5.80. The van der Waals surface area contributed by atoms with Crippen LogP contribution in [-0.2, 0) is 4.79 Å². The summed E-state index contributed by atoms with van der Waals surface area (Å²) < 4.78 is 0. The first-order valence-corrected chi connectivity index (χ1v) is 3.66. The quantitative estimate of drug-likeness (QED) is 0.548. The predicted octanol–water partition coefficient (Wildman–Crippen LogP) is 1.22. The molecule has 2 nitrogen and oxygen atoms in total. The molecule has 56 valence electrons. The van der Waals surface area contributed by atoms with Gasteiger partial charge in [0.1, 0.15) is 5.78 Å². The second-order valence-corrected chi connectivity index (χ2v) is 2.89. The summed E-state index contributed by atoms with van der Waals surface area (Å²) in [7, 11) is 0. The molecule has 0 amide bonds. The van der Waals surface area contributed by atoms with Crippen molar-refractivity contribution in [1.29, 1.82) is 0 Å². The monoisotopic (exact) mass is 139 g/mol. The Morgan fingerprint density at radius 2 is 2.30 bits per heavy atom. The van der Waals surface area contributed by atoms with Crippen molar-refractivity contribution in [1.82, 2.24) is 0 Å². The third-order valence-corrected chi connectivity index (χ3v) is 2.07. The highest BCUT2D eigenvalue weighted by Crippen LogP contribution is 2.25.